The maximum absolute atomic E-state index is 13.6. The molecule has 0 aromatic heterocycles. The van der Waals surface area contributed by atoms with Crippen LogP contribution in [0.2, 0.25) is 10.0 Å². The first-order chi connectivity index (χ1) is 9.11. The molecule has 2 aromatic rings. The predicted octanol–water partition coefficient (Wildman–Crippen LogP) is 4.62. The molecule has 0 saturated carbocycles. The lowest BCUT2D eigenvalue weighted by Gasteiger charge is -2.09. The van der Waals surface area contributed by atoms with E-state index in [-0.39, 0.29) is 5.56 Å². The van der Waals surface area contributed by atoms with Crippen LogP contribution in [0, 0.1) is 17.1 Å². The van der Waals surface area contributed by atoms with Gasteiger partial charge in [0.2, 0.25) is 0 Å². The average Bonchev–Trinajstić information content (AvgIpc) is 2.41. The van der Waals surface area contributed by atoms with Gasteiger partial charge in [0.15, 0.2) is 0 Å². The molecule has 96 valence electrons. The fraction of sp³-hybridized carbons (Fsp3) is 0.0714. The smallest absolute Gasteiger partial charge is 0.147 e. The molecule has 0 fully saturated rings. The Morgan fingerprint density at radius 3 is 2.68 bits per heavy atom. The van der Waals surface area contributed by atoms with E-state index in [4.69, 9.17) is 28.5 Å². The molecule has 0 aliphatic heterocycles. The normalized spacial score (nSPS) is 10.0. The lowest BCUT2D eigenvalue weighted by Crippen LogP contribution is -2.02. The highest BCUT2D eigenvalue weighted by Gasteiger charge is 2.06. The van der Waals surface area contributed by atoms with Crippen molar-refractivity contribution in [2.45, 2.75) is 6.54 Å². The SMILES string of the molecule is N#Cc1ccc(NCc2cccc(Cl)c2Cl)c(F)c1. The minimum atomic E-state index is -0.475. The van der Waals surface area contributed by atoms with E-state index >= 15 is 0 Å². The molecule has 0 aliphatic carbocycles. The Kier molecular flexibility index (Phi) is 4.26. The fourth-order valence-electron chi connectivity index (χ4n) is 1.60. The first kappa shape index (κ1) is 13.7. The van der Waals surface area contributed by atoms with Crippen molar-refractivity contribution in [3.05, 3.63) is 63.4 Å². The number of rotatable bonds is 3. The summed E-state index contributed by atoms with van der Waals surface area (Å²) in [4.78, 5) is 0. The van der Waals surface area contributed by atoms with E-state index in [9.17, 15) is 4.39 Å². The minimum absolute atomic E-state index is 0.281. The van der Waals surface area contributed by atoms with E-state index < -0.39 is 5.82 Å². The zero-order valence-corrected chi connectivity index (χ0v) is 11.3. The summed E-state index contributed by atoms with van der Waals surface area (Å²) < 4.78 is 13.6. The molecule has 0 spiro atoms. The van der Waals surface area contributed by atoms with E-state index in [1.54, 1.807) is 18.2 Å². The molecule has 1 N–H and O–H groups in total. The monoisotopic (exact) mass is 294 g/mol. The molecular weight excluding hydrogens is 286 g/mol. The highest BCUT2D eigenvalue weighted by Crippen LogP contribution is 2.26. The molecule has 0 aliphatic rings. The van der Waals surface area contributed by atoms with Gasteiger partial charge in [0.05, 0.1) is 27.4 Å². The van der Waals surface area contributed by atoms with Gasteiger partial charge in [0.1, 0.15) is 5.82 Å². The number of anilines is 1. The topological polar surface area (TPSA) is 35.8 Å². The van der Waals surface area contributed by atoms with Gasteiger partial charge in [0, 0.05) is 6.54 Å². The Hall–Kier alpha value is -1.76. The van der Waals surface area contributed by atoms with E-state index in [2.05, 4.69) is 5.32 Å². The van der Waals surface area contributed by atoms with Crippen LogP contribution in [-0.4, -0.2) is 0 Å². The molecule has 0 unspecified atom stereocenters. The molecule has 2 aromatic carbocycles. The van der Waals surface area contributed by atoms with Crippen molar-refractivity contribution in [3.63, 3.8) is 0 Å². The minimum Gasteiger partial charge on any atom is -0.379 e. The Morgan fingerprint density at radius 1 is 1.21 bits per heavy atom. The van der Waals surface area contributed by atoms with Crippen molar-refractivity contribution in [3.8, 4) is 6.07 Å². The Morgan fingerprint density at radius 2 is 2.00 bits per heavy atom. The fourth-order valence-corrected chi connectivity index (χ4v) is 1.99. The lowest BCUT2D eigenvalue weighted by atomic mass is 10.2. The Balaban J connectivity index is 2.15. The summed E-state index contributed by atoms with van der Waals surface area (Å²) in [5, 5.41) is 12.5. The van der Waals surface area contributed by atoms with Crippen LogP contribution in [0.25, 0.3) is 0 Å². The maximum atomic E-state index is 13.6. The number of nitrogens with one attached hydrogen (secondary N) is 1. The highest BCUT2D eigenvalue weighted by atomic mass is 35.5. The Bertz CT molecular complexity index is 650. The summed E-state index contributed by atoms with van der Waals surface area (Å²) in [5.74, 6) is -0.475. The molecule has 0 heterocycles. The number of hydrogen-bond acceptors (Lipinski definition) is 2. The van der Waals surface area contributed by atoms with Crippen LogP contribution in [0.5, 0.6) is 0 Å². The van der Waals surface area contributed by atoms with Crippen molar-refractivity contribution in [2.24, 2.45) is 0 Å². The molecule has 0 atom stereocenters. The van der Waals surface area contributed by atoms with Crippen LogP contribution in [0.4, 0.5) is 10.1 Å². The van der Waals surface area contributed by atoms with Crippen LogP contribution in [0.15, 0.2) is 36.4 Å². The molecule has 2 rings (SSSR count). The van der Waals surface area contributed by atoms with Crippen molar-refractivity contribution < 1.29 is 4.39 Å². The van der Waals surface area contributed by atoms with Gasteiger partial charge in [-0.25, -0.2) is 4.39 Å². The Labute approximate surface area is 120 Å². The van der Waals surface area contributed by atoms with Crippen LogP contribution >= 0.6 is 23.2 Å². The third kappa shape index (κ3) is 3.17. The molecule has 0 bridgehead atoms. The summed E-state index contributed by atoms with van der Waals surface area (Å²) in [6, 6.07) is 11.4. The van der Waals surface area contributed by atoms with E-state index in [1.165, 1.54) is 12.1 Å². The highest BCUT2D eigenvalue weighted by molar-refractivity contribution is 6.42. The third-order valence-electron chi connectivity index (χ3n) is 2.60. The van der Waals surface area contributed by atoms with E-state index in [0.29, 0.717) is 22.3 Å². The average molecular weight is 295 g/mol. The molecular formula is C14H9Cl2FN2. The lowest BCUT2D eigenvalue weighted by molar-refractivity contribution is 0.629. The van der Waals surface area contributed by atoms with Gasteiger partial charge in [0.25, 0.3) is 0 Å². The number of hydrogen-bond donors (Lipinski definition) is 1. The van der Waals surface area contributed by atoms with Crippen LogP contribution in [-0.2, 0) is 6.54 Å². The second-order valence-electron chi connectivity index (χ2n) is 3.87. The summed E-state index contributed by atoms with van der Waals surface area (Å²) in [5.41, 5.74) is 1.37. The molecule has 0 amide bonds. The molecule has 0 saturated heterocycles. The number of nitriles is 1. The van der Waals surface area contributed by atoms with Gasteiger partial charge in [-0.2, -0.15) is 5.26 Å². The number of halogens is 3. The molecule has 2 nitrogen and oxygen atoms in total. The van der Waals surface area contributed by atoms with Crippen LogP contribution in [0.1, 0.15) is 11.1 Å². The predicted molar refractivity (Wildman–Crippen MR) is 74.9 cm³/mol. The van der Waals surface area contributed by atoms with Crippen molar-refractivity contribution in [1.82, 2.24) is 0 Å². The summed E-state index contributed by atoms with van der Waals surface area (Å²) in [6.45, 7) is 0.349. The van der Waals surface area contributed by atoms with Gasteiger partial charge < -0.3 is 5.32 Å². The second-order valence-corrected chi connectivity index (χ2v) is 4.66. The van der Waals surface area contributed by atoms with Crippen molar-refractivity contribution in [1.29, 1.82) is 5.26 Å². The van der Waals surface area contributed by atoms with E-state index in [0.717, 1.165) is 5.56 Å². The standard InChI is InChI=1S/C14H9Cl2FN2/c15-11-3-1-2-10(14(11)16)8-19-13-5-4-9(7-18)6-12(13)17/h1-6,19H,8H2. The zero-order chi connectivity index (χ0) is 13.8. The van der Waals surface area contributed by atoms with Gasteiger partial charge >= 0.3 is 0 Å². The number of benzene rings is 2. The maximum Gasteiger partial charge on any atom is 0.147 e. The van der Waals surface area contributed by atoms with E-state index in [1.807, 2.05) is 12.1 Å². The molecule has 5 heteroatoms. The first-order valence-corrected chi connectivity index (χ1v) is 6.24. The van der Waals surface area contributed by atoms with Gasteiger partial charge in [-0.05, 0) is 29.8 Å². The molecule has 19 heavy (non-hydrogen) atoms. The van der Waals surface area contributed by atoms with Crippen LogP contribution < -0.4 is 5.32 Å². The van der Waals surface area contributed by atoms with Crippen molar-refractivity contribution in [2.75, 3.05) is 5.32 Å². The van der Waals surface area contributed by atoms with Gasteiger partial charge in [-0.3, -0.25) is 0 Å². The largest absolute Gasteiger partial charge is 0.379 e. The van der Waals surface area contributed by atoms with Crippen LogP contribution in [0.3, 0.4) is 0 Å². The second kappa shape index (κ2) is 5.92. The van der Waals surface area contributed by atoms with Gasteiger partial charge in [-0.1, -0.05) is 35.3 Å². The molecule has 0 radical (unpaired) electrons. The zero-order valence-electron chi connectivity index (χ0n) is 9.75. The summed E-state index contributed by atoms with van der Waals surface area (Å²) >= 11 is 11.9. The van der Waals surface area contributed by atoms with Gasteiger partial charge in [-0.15, -0.1) is 0 Å². The first-order valence-electron chi connectivity index (χ1n) is 5.48. The van der Waals surface area contributed by atoms with Crippen molar-refractivity contribution >= 4 is 28.9 Å². The number of nitrogens with zero attached hydrogens (tertiary/aromatic N) is 1. The summed E-state index contributed by atoms with van der Waals surface area (Å²) in [7, 11) is 0. The quantitative estimate of drug-likeness (QED) is 0.897. The third-order valence-corrected chi connectivity index (χ3v) is 3.46. The summed E-state index contributed by atoms with van der Waals surface area (Å²) in [6.07, 6.45) is 0.